The highest BCUT2D eigenvalue weighted by atomic mass is 19.4. The molecule has 0 aliphatic carbocycles. The predicted octanol–water partition coefficient (Wildman–Crippen LogP) is 3.38. The van der Waals surface area contributed by atoms with Crippen molar-refractivity contribution in [3.8, 4) is 0 Å². The lowest BCUT2D eigenvalue weighted by atomic mass is 10.1. The second kappa shape index (κ2) is 7.86. The van der Waals surface area contributed by atoms with E-state index in [0.717, 1.165) is 18.7 Å². The number of hydrogen-bond donors (Lipinski definition) is 3. The van der Waals surface area contributed by atoms with Gasteiger partial charge in [-0.25, -0.2) is 9.78 Å². The monoisotopic (exact) mass is 453 g/mol. The van der Waals surface area contributed by atoms with Crippen molar-refractivity contribution in [3.05, 3.63) is 29.6 Å². The van der Waals surface area contributed by atoms with Crippen LogP contribution in [0, 0.1) is 0 Å². The molecule has 1 aliphatic rings. The van der Waals surface area contributed by atoms with Crippen molar-refractivity contribution in [2.75, 3.05) is 13.2 Å². The Morgan fingerprint density at radius 3 is 2.52 bits per heavy atom. The topological polar surface area (TPSA) is 96.3 Å². The van der Waals surface area contributed by atoms with E-state index in [1.165, 1.54) is 0 Å². The molecule has 0 saturated carbocycles. The van der Waals surface area contributed by atoms with Gasteiger partial charge >= 0.3 is 18.4 Å². The molecule has 1 saturated heterocycles. The number of nitrogens with one attached hydrogen (secondary N) is 2. The molecule has 0 bridgehead atoms. The maximum absolute atomic E-state index is 12.9. The molecule has 4 N–H and O–H groups in total. The van der Waals surface area contributed by atoms with Gasteiger partial charge in [-0.3, -0.25) is 0 Å². The van der Waals surface area contributed by atoms with Crippen LogP contribution in [0.25, 0.3) is 11.0 Å². The van der Waals surface area contributed by atoms with Crippen LogP contribution in [-0.2, 0) is 11.3 Å². The van der Waals surface area contributed by atoms with Gasteiger partial charge in [0.1, 0.15) is 11.9 Å². The van der Waals surface area contributed by atoms with Crippen LogP contribution in [0.5, 0.6) is 0 Å². The summed E-state index contributed by atoms with van der Waals surface area (Å²) < 4.78 is 82.0. The summed E-state index contributed by atoms with van der Waals surface area (Å²) in [5, 5.41) is 1.89. The number of benzene rings is 1. The zero-order valence-corrected chi connectivity index (χ0v) is 16.6. The second-order valence-electron chi connectivity index (χ2n) is 7.82. The summed E-state index contributed by atoms with van der Waals surface area (Å²) in [7, 11) is 0. The number of carbonyl (C=O) groups is 1. The maximum atomic E-state index is 12.9. The average molecular weight is 453 g/mol. The molecule has 2 amide bonds. The number of urea groups is 1. The van der Waals surface area contributed by atoms with E-state index in [2.05, 4.69) is 9.97 Å². The number of rotatable bonds is 6. The Balaban J connectivity index is 1.68. The summed E-state index contributed by atoms with van der Waals surface area (Å²) in [6, 6.07) is 1.05. The van der Waals surface area contributed by atoms with Gasteiger partial charge in [0.25, 0.3) is 0 Å². The van der Waals surface area contributed by atoms with E-state index in [1.54, 1.807) is 18.2 Å². The molecule has 7 nitrogen and oxygen atoms in total. The van der Waals surface area contributed by atoms with E-state index in [-0.39, 0.29) is 12.4 Å². The molecule has 1 aromatic heterocycles. The fourth-order valence-corrected chi connectivity index (χ4v) is 2.94. The lowest BCUT2D eigenvalue weighted by molar-refractivity contribution is -0.264. The first-order valence-corrected chi connectivity index (χ1v) is 9.24. The number of aromatic nitrogens is 2. The first-order chi connectivity index (χ1) is 14.2. The minimum absolute atomic E-state index is 0.0579. The fourth-order valence-electron chi connectivity index (χ4n) is 2.94. The summed E-state index contributed by atoms with van der Waals surface area (Å²) in [4.78, 5) is 19.9. The number of imidazole rings is 1. The number of aromatic amines is 1. The molecule has 0 radical (unpaired) electrons. The lowest BCUT2D eigenvalue weighted by Crippen LogP contribution is -2.43. The number of carbonyl (C=O) groups excluding carboxylic acids is 1. The Morgan fingerprint density at radius 1 is 1.26 bits per heavy atom. The molecule has 2 aromatic rings. The Morgan fingerprint density at radius 2 is 1.94 bits per heavy atom. The number of fused-ring (bicyclic) bond motifs is 1. The zero-order chi connectivity index (χ0) is 23.2. The molecule has 0 spiro atoms. The molecule has 1 aromatic carbocycles. The first-order valence-electron chi connectivity index (χ1n) is 9.24. The Bertz CT molecular complexity index is 955. The third-order valence-electron chi connectivity index (χ3n) is 4.98. The quantitative estimate of drug-likeness (QED) is 0.585. The number of H-pyrrole nitrogens is 1. The van der Waals surface area contributed by atoms with E-state index in [1.807, 2.05) is 5.32 Å². The van der Waals surface area contributed by atoms with E-state index in [4.69, 9.17) is 10.5 Å². The number of alkyl halides is 6. The van der Waals surface area contributed by atoms with Crippen LogP contribution in [0.4, 0.5) is 31.1 Å². The van der Waals surface area contributed by atoms with Crippen molar-refractivity contribution in [1.29, 1.82) is 0 Å². The van der Waals surface area contributed by atoms with Crippen LogP contribution in [0.1, 0.15) is 31.3 Å². The minimum Gasteiger partial charge on any atom is -0.364 e. The van der Waals surface area contributed by atoms with Gasteiger partial charge in [-0.2, -0.15) is 26.3 Å². The molecular formula is C18H21F6N5O2. The van der Waals surface area contributed by atoms with Crippen LogP contribution in [0.15, 0.2) is 18.2 Å². The third-order valence-corrected chi connectivity index (χ3v) is 4.98. The lowest BCUT2D eigenvalue weighted by Gasteiger charge is -2.28. The molecule has 0 unspecified atom stereocenters. The molecule has 172 valence electrons. The van der Waals surface area contributed by atoms with E-state index < -0.39 is 49.2 Å². The van der Waals surface area contributed by atoms with Crippen molar-refractivity contribution in [1.82, 2.24) is 20.2 Å². The summed E-state index contributed by atoms with van der Waals surface area (Å²) in [5.74, 6) is 0.196. The van der Waals surface area contributed by atoms with Crippen molar-refractivity contribution in [2.24, 2.45) is 5.73 Å². The molecule has 1 fully saturated rings. The summed E-state index contributed by atoms with van der Waals surface area (Å²) in [5.41, 5.74) is 5.00. The molecule has 3 rings (SSSR count). The normalized spacial score (nSPS) is 19.2. The number of hydrogen-bond acceptors (Lipinski definition) is 4. The van der Waals surface area contributed by atoms with E-state index in [9.17, 15) is 31.1 Å². The predicted molar refractivity (Wildman–Crippen MR) is 97.9 cm³/mol. The highest BCUT2D eigenvalue weighted by Crippen LogP contribution is 2.33. The summed E-state index contributed by atoms with van der Waals surface area (Å²) in [6.45, 7) is 0.778. The third kappa shape index (κ3) is 5.03. The van der Waals surface area contributed by atoms with E-state index in [0.29, 0.717) is 16.6 Å². The number of halogens is 6. The largest absolute Gasteiger partial charge is 0.416 e. The van der Waals surface area contributed by atoms with Crippen LogP contribution >= 0.6 is 0 Å². The number of amides is 2. The van der Waals surface area contributed by atoms with Crippen LogP contribution in [0.2, 0.25) is 0 Å². The SMILES string of the molecule is CC(C)(OC[C@H](N)c1nc2ccc(CN3C[C@H](C(F)(F)F)NC3=O)cc2[nH]1)C(F)(F)F. The van der Waals surface area contributed by atoms with Gasteiger partial charge < -0.3 is 25.7 Å². The van der Waals surface area contributed by atoms with Gasteiger partial charge in [0.15, 0.2) is 5.60 Å². The molecule has 13 heteroatoms. The first kappa shape index (κ1) is 23.1. The minimum atomic E-state index is -4.57. The highest BCUT2D eigenvalue weighted by molar-refractivity contribution is 5.78. The standard InChI is InChI=1S/C18H21F6N5O2/c1-16(2,18(22,23)24)31-8-10(25)14-26-11-4-3-9(5-12(11)27-14)6-29-7-13(17(19,20)21)28-15(29)30/h3-5,10,13H,6-8,25H2,1-2H3,(H,26,27)(H,28,30)/t10-,13+/m0/s1. The van der Waals surface area contributed by atoms with Gasteiger partial charge in [0.05, 0.1) is 30.2 Å². The van der Waals surface area contributed by atoms with Gasteiger partial charge in [0, 0.05) is 6.54 Å². The van der Waals surface area contributed by atoms with Crippen LogP contribution in [0.3, 0.4) is 0 Å². The Kier molecular flexibility index (Phi) is 5.86. The molecule has 31 heavy (non-hydrogen) atoms. The zero-order valence-electron chi connectivity index (χ0n) is 16.6. The van der Waals surface area contributed by atoms with Crippen molar-refractivity contribution in [3.63, 3.8) is 0 Å². The van der Waals surface area contributed by atoms with Crippen molar-refractivity contribution < 1.29 is 35.9 Å². The second-order valence-corrected chi connectivity index (χ2v) is 7.82. The summed E-state index contributed by atoms with van der Waals surface area (Å²) >= 11 is 0. The maximum Gasteiger partial charge on any atom is 0.416 e. The van der Waals surface area contributed by atoms with Gasteiger partial charge in [-0.05, 0) is 31.5 Å². The van der Waals surface area contributed by atoms with E-state index >= 15 is 0 Å². The molecule has 2 heterocycles. The van der Waals surface area contributed by atoms with Gasteiger partial charge in [0.2, 0.25) is 0 Å². The van der Waals surface area contributed by atoms with Gasteiger partial charge in [-0.15, -0.1) is 0 Å². The average Bonchev–Trinajstić information content (AvgIpc) is 3.22. The molecular weight excluding hydrogens is 432 g/mol. The number of nitrogens with zero attached hydrogens (tertiary/aromatic N) is 2. The Labute approximate surface area is 172 Å². The van der Waals surface area contributed by atoms with Gasteiger partial charge in [-0.1, -0.05) is 6.07 Å². The molecule has 1 aliphatic heterocycles. The fraction of sp³-hybridized carbons (Fsp3) is 0.556. The number of ether oxygens (including phenoxy) is 1. The highest BCUT2D eigenvalue weighted by Gasteiger charge is 2.49. The van der Waals surface area contributed by atoms with Crippen molar-refractivity contribution in [2.45, 2.75) is 50.4 Å². The summed E-state index contributed by atoms with van der Waals surface area (Å²) in [6.07, 6.45) is -9.10. The Hall–Kier alpha value is -2.54. The van der Waals surface area contributed by atoms with Crippen LogP contribution in [-0.4, -0.2) is 58.0 Å². The number of nitrogens with two attached hydrogens (primary N) is 1. The smallest absolute Gasteiger partial charge is 0.364 e. The van der Waals surface area contributed by atoms with Crippen molar-refractivity contribution >= 4 is 17.1 Å². The van der Waals surface area contributed by atoms with Crippen LogP contribution < -0.4 is 11.1 Å². The molecule has 2 atom stereocenters.